The summed E-state index contributed by atoms with van der Waals surface area (Å²) in [6, 6.07) is 17.4. The van der Waals surface area contributed by atoms with Crippen molar-refractivity contribution >= 4 is 27.5 Å². The zero-order valence-corrected chi connectivity index (χ0v) is 25.4. The Morgan fingerprint density at radius 1 is 0.929 bits per heavy atom. The van der Waals surface area contributed by atoms with Crippen LogP contribution in [0.2, 0.25) is 0 Å². The van der Waals surface area contributed by atoms with Crippen LogP contribution < -0.4 is 19.1 Å². The van der Waals surface area contributed by atoms with E-state index in [4.69, 9.17) is 9.47 Å². The molecular formula is C31H38FN3O6S. The van der Waals surface area contributed by atoms with Crippen LogP contribution in [-0.4, -0.2) is 64.5 Å². The summed E-state index contributed by atoms with van der Waals surface area (Å²) in [5.74, 6) is -0.987. The smallest absolute Gasteiger partial charge is 0.264 e. The summed E-state index contributed by atoms with van der Waals surface area (Å²) in [7, 11) is -1.55. The fourth-order valence-corrected chi connectivity index (χ4v) is 5.71. The second kappa shape index (κ2) is 14.7. The minimum absolute atomic E-state index is 0.0826. The third-order valence-electron chi connectivity index (χ3n) is 6.99. The molecule has 0 fully saturated rings. The van der Waals surface area contributed by atoms with E-state index < -0.39 is 34.3 Å². The molecule has 1 N–H and O–H groups in total. The molecule has 0 aliphatic carbocycles. The number of nitrogens with zero attached hydrogens (tertiary/aromatic N) is 2. The minimum Gasteiger partial charge on any atom is -0.493 e. The van der Waals surface area contributed by atoms with Crippen LogP contribution in [0.25, 0.3) is 0 Å². The molecule has 3 aromatic rings. The molecule has 0 heterocycles. The number of hydrogen-bond acceptors (Lipinski definition) is 6. The molecule has 0 saturated carbocycles. The molecule has 0 bridgehead atoms. The Bertz CT molecular complexity index is 1450. The van der Waals surface area contributed by atoms with E-state index in [1.165, 1.54) is 49.5 Å². The van der Waals surface area contributed by atoms with Crippen molar-refractivity contribution in [3.63, 3.8) is 0 Å². The van der Waals surface area contributed by atoms with Crippen molar-refractivity contribution < 1.29 is 31.9 Å². The third kappa shape index (κ3) is 8.00. The van der Waals surface area contributed by atoms with Crippen molar-refractivity contribution in [1.82, 2.24) is 10.2 Å². The fourth-order valence-electron chi connectivity index (χ4n) is 4.28. The van der Waals surface area contributed by atoms with Gasteiger partial charge >= 0.3 is 0 Å². The maximum absolute atomic E-state index is 14.0. The standard InChI is InChI=1S/C31H38FN3O6S/c1-6-22(2)33-31(37)23(3)34(19-18-24-10-8-7-9-11-24)30(36)21-35(26-14-12-25(32)13-15-26)42(38,39)27-16-17-28(40-4)29(20-27)41-5/h7-17,20,22-23H,6,18-19,21H2,1-5H3,(H,33,37)/t22-,23-/m1/s1. The van der Waals surface area contributed by atoms with E-state index in [9.17, 15) is 22.4 Å². The van der Waals surface area contributed by atoms with Gasteiger partial charge in [0.05, 0.1) is 24.8 Å². The van der Waals surface area contributed by atoms with Gasteiger partial charge in [0, 0.05) is 18.7 Å². The van der Waals surface area contributed by atoms with Crippen LogP contribution in [0.15, 0.2) is 77.7 Å². The first-order chi connectivity index (χ1) is 20.0. The maximum atomic E-state index is 14.0. The molecule has 0 unspecified atom stereocenters. The first-order valence-corrected chi connectivity index (χ1v) is 15.1. The number of ether oxygens (including phenoxy) is 2. The number of hydrogen-bond donors (Lipinski definition) is 1. The number of halogens is 1. The van der Waals surface area contributed by atoms with Gasteiger partial charge in [-0.2, -0.15) is 0 Å². The second-order valence-electron chi connectivity index (χ2n) is 9.82. The number of benzene rings is 3. The molecule has 0 aliphatic heterocycles. The van der Waals surface area contributed by atoms with E-state index in [2.05, 4.69) is 5.32 Å². The summed E-state index contributed by atoms with van der Waals surface area (Å²) >= 11 is 0. The molecule has 11 heteroatoms. The summed E-state index contributed by atoms with van der Waals surface area (Å²) in [5, 5.41) is 2.90. The van der Waals surface area contributed by atoms with Gasteiger partial charge in [-0.3, -0.25) is 13.9 Å². The summed E-state index contributed by atoms with van der Waals surface area (Å²) in [6.45, 7) is 4.97. The van der Waals surface area contributed by atoms with E-state index in [-0.39, 0.29) is 34.8 Å². The van der Waals surface area contributed by atoms with Crippen LogP contribution in [0.4, 0.5) is 10.1 Å². The molecule has 9 nitrogen and oxygen atoms in total. The topological polar surface area (TPSA) is 105 Å². The Labute approximate surface area is 247 Å². The van der Waals surface area contributed by atoms with Gasteiger partial charge in [-0.05, 0) is 68.7 Å². The van der Waals surface area contributed by atoms with E-state index in [0.717, 1.165) is 22.0 Å². The van der Waals surface area contributed by atoms with Crippen molar-refractivity contribution in [3.05, 3.63) is 84.2 Å². The Hall–Kier alpha value is -4.12. The highest BCUT2D eigenvalue weighted by atomic mass is 32.2. The Morgan fingerprint density at radius 3 is 2.17 bits per heavy atom. The number of rotatable bonds is 14. The molecule has 2 amide bonds. The molecule has 0 radical (unpaired) electrons. The van der Waals surface area contributed by atoms with Crippen molar-refractivity contribution in [2.75, 3.05) is 31.6 Å². The molecule has 226 valence electrons. The van der Waals surface area contributed by atoms with Crippen molar-refractivity contribution in [1.29, 1.82) is 0 Å². The number of methoxy groups -OCH3 is 2. The zero-order chi connectivity index (χ0) is 30.9. The quantitative estimate of drug-likeness (QED) is 0.294. The van der Waals surface area contributed by atoms with E-state index in [1.807, 2.05) is 44.2 Å². The van der Waals surface area contributed by atoms with E-state index in [0.29, 0.717) is 18.6 Å². The number of nitrogens with one attached hydrogen (secondary N) is 1. The highest BCUT2D eigenvalue weighted by Crippen LogP contribution is 2.32. The molecule has 42 heavy (non-hydrogen) atoms. The van der Waals surface area contributed by atoms with Crippen LogP contribution in [0.5, 0.6) is 11.5 Å². The second-order valence-corrected chi connectivity index (χ2v) is 11.7. The monoisotopic (exact) mass is 599 g/mol. The van der Waals surface area contributed by atoms with Gasteiger partial charge in [0.15, 0.2) is 11.5 Å². The average molecular weight is 600 g/mol. The molecule has 3 aromatic carbocycles. The Balaban J connectivity index is 2.01. The van der Waals surface area contributed by atoms with Gasteiger partial charge in [0.1, 0.15) is 18.4 Å². The average Bonchev–Trinajstić information content (AvgIpc) is 3.00. The van der Waals surface area contributed by atoms with E-state index >= 15 is 0 Å². The third-order valence-corrected chi connectivity index (χ3v) is 8.76. The SMILES string of the molecule is CC[C@@H](C)NC(=O)[C@@H](C)N(CCc1ccccc1)C(=O)CN(c1ccc(F)cc1)S(=O)(=O)c1ccc(OC)c(OC)c1. The zero-order valence-electron chi connectivity index (χ0n) is 24.5. The highest BCUT2D eigenvalue weighted by molar-refractivity contribution is 7.92. The van der Waals surface area contributed by atoms with Crippen molar-refractivity contribution in [2.45, 2.75) is 50.6 Å². The van der Waals surface area contributed by atoms with Crippen LogP contribution in [0.3, 0.4) is 0 Å². The van der Waals surface area contributed by atoms with Crippen LogP contribution >= 0.6 is 0 Å². The molecular weight excluding hydrogens is 561 g/mol. The maximum Gasteiger partial charge on any atom is 0.264 e. The van der Waals surface area contributed by atoms with Gasteiger partial charge in [-0.15, -0.1) is 0 Å². The minimum atomic E-state index is -4.36. The lowest BCUT2D eigenvalue weighted by Gasteiger charge is -2.32. The number of amides is 2. The van der Waals surface area contributed by atoms with Gasteiger partial charge in [-0.1, -0.05) is 37.3 Å². The van der Waals surface area contributed by atoms with Crippen LogP contribution in [-0.2, 0) is 26.0 Å². The van der Waals surface area contributed by atoms with E-state index in [1.54, 1.807) is 6.92 Å². The lowest BCUT2D eigenvalue weighted by atomic mass is 10.1. The Kier molecular flexibility index (Phi) is 11.3. The van der Waals surface area contributed by atoms with Crippen molar-refractivity contribution in [2.24, 2.45) is 0 Å². The summed E-state index contributed by atoms with van der Waals surface area (Å²) in [6.07, 6.45) is 1.16. The highest BCUT2D eigenvalue weighted by Gasteiger charge is 2.33. The molecule has 3 rings (SSSR count). The predicted octanol–water partition coefficient (Wildman–Crippen LogP) is 4.41. The largest absolute Gasteiger partial charge is 0.493 e. The fraction of sp³-hybridized carbons (Fsp3) is 0.355. The summed E-state index contributed by atoms with van der Waals surface area (Å²) in [4.78, 5) is 28.3. The lowest BCUT2D eigenvalue weighted by Crippen LogP contribution is -2.53. The molecule has 2 atom stereocenters. The van der Waals surface area contributed by atoms with Crippen LogP contribution in [0, 0.1) is 5.82 Å². The predicted molar refractivity (Wildman–Crippen MR) is 160 cm³/mol. The lowest BCUT2D eigenvalue weighted by molar-refractivity contribution is -0.139. The number of carbonyl (C=O) groups excluding carboxylic acids is 2. The molecule has 0 spiro atoms. The van der Waals surface area contributed by atoms with Crippen molar-refractivity contribution in [3.8, 4) is 11.5 Å². The molecule has 0 aliphatic rings. The molecule has 0 saturated heterocycles. The van der Waals surface area contributed by atoms with Gasteiger partial charge in [-0.25, -0.2) is 12.8 Å². The summed E-state index contributed by atoms with van der Waals surface area (Å²) < 4.78 is 53.2. The number of carbonyl (C=O) groups is 2. The first-order valence-electron chi connectivity index (χ1n) is 13.7. The normalized spacial score (nSPS) is 12.6. The Morgan fingerprint density at radius 2 is 1.57 bits per heavy atom. The van der Waals surface area contributed by atoms with Gasteiger partial charge in [0.25, 0.3) is 10.0 Å². The first kappa shape index (κ1) is 32.4. The van der Waals surface area contributed by atoms with Gasteiger partial charge < -0.3 is 19.7 Å². The van der Waals surface area contributed by atoms with Gasteiger partial charge in [0.2, 0.25) is 11.8 Å². The summed E-state index contributed by atoms with van der Waals surface area (Å²) in [5.41, 5.74) is 1.04. The number of sulfonamides is 1. The molecule has 0 aromatic heterocycles. The van der Waals surface area contributed by atoms with Crippen LogP contribution in [0.1, 0.15) is 32.8 Å². The number of anilines is 1.